The summed E-state index contributed by atoms with van der Waals surface area (Å²) in [6, 6.07) is 79.4. The first kappa shape index (κ1) is 34.2. The SMILES string of the molecule is c1ccc(-c2ccc(N(c3ccc(-c4ccc5ccccc5c4)cc3)c3cccc(-c4ccc5c(c4)c4c(c6ccccc65)SC(c5ccccc5)N4)c3)cc2)cc1. The Bertz CT molecular complexity index is 3100. The third kappa shape index (κ3) is 6.17. The molecule has 3 heteroatoms. The van der Waals surface area contributed by atoms with Gasteiger partial charge in [0.25, 0.3) is 0 Å². The molecule has 0 saturated carbocycles. The predicted octanol–water partition coefficient (Wildman–Crippen LogP) is 15.8. The highest BCUT2D eigenvalue weighted by Crippen LogP contribution is 2.53. The Hall–Kier alpha value is -7.07. The van der Waals surface area contributed by atoms with E-state index in [1.54, 1.807) is 0 Å². The largest absolute Gasteiger partial charge is 0.368 e. The van der Waals surface area contributed by atoms with E-state index in [1.807, 2.05) is 11.8 Å². The average molecular weight is 759 g/mol. The number of thioether (sulfide) groups is 1. The van der Waals surface area contributed by atoms with Gasteiger partial charge in [0.2, 0.25) is 0 Å². The number of hydrogen-bond acceptors (Lipinski definition) is 3. The number of fused-ring (bicyclic) bond motifs is 7. The van der Waals surface area contributed by atoms with E-state index in [0.717, 1.165) is 17.1 Å². The van der Waals surface area contributed by atoms with Crippen molar-refractivity contribution in [2.75, 3.05) is 10.2 Å². The molecular formula is C55H38N2S. The van der Waals surface area contributed by atoms with Crippen molar-refractivity contribution >= 4 is 66.8 Å². The number of nitrogens with zero attached hydrogens (tertiary/aromatic N) is 1. The Morgan fingerprint density at radius 2 is 0.879 bits per heavy atom. The summed E-state index contributed by atoms with van der Waals surface area (Å²) in [6.45, 7) is 0. The number of anilines is 4. The van der Waals surface area contributed by atoms with E-state index in [9.17, 15) is 0 Å². The molecule has 1 aliphatic heterocycles. The van der Waals surface area contributed by atoms with E-state index >= 15 is 0 Å². The zero-order chi connectivity index (χ0) is 38.4. The normalized spacial score (nSPS) is 13.4. The van der Waals surface area contributed by atoms with Crippen LogP contribution in [0.15, 0.2) is 223 Å². The Labute approximate surface area is 343 Å². The van der Waals surface area contributed by atoms with E-state index in [1.165, 1.54) is 81.8 Å². The molecule has 0 amide bonds. The predicted molar refractivity (Wildman–Crippen MR) is 249 cm³/mol. The molecular weight excluding hydrogens is 721 g/mol. The van der Waals surface area contributed by atoms with E-state index in [2.05, 4.69) is 229 Å². The zero-order valence-corrected chi connectivity index (χ0v) is 32.5. The summed E-state index contributed by atoms with van der Waals surface area (Å²) in [5.74, 6) is 0. The molecule has 0 fully saturated rings. The molecule has 1 unspecified atom stereocenters. The lowest BCUT2D eigenvalue weighted by atomic mass is 9.95. The molecule has 58 heavy (non-hydrogen) atoms. The standard InChI is InChI=1S/C55H38N2S/c1-3-12-37(13-4-1)39-24-29-46(30-25-39)57(47-31-26-40(27-32-47)44-23-22-38-14-7-8-17-42(38)34-44)48-19-11-18-43(35-48)45-28-33-50-49-20-9-10-21-51(49)54-53(52(50)36-45)56-55(58-54)41-15-5-2-6-16-41/h1-36,55-56H. The van der Waals surface area contributed by atoms with Gasteiger partial charge in [-0.15, -0.1) is 0 Å². The van der Waals surface area contributed by atoms with Gasteiger partial charge in [-0.05, 0) is 114 Å². The molecule has 10 aromatic carbocycles. The van der Waals surface area contributed by atoms with Crippen LogP contribution in [0.25, 0.3) is 65.7 Å². The van der Waals surface area contributed by atoms with Crippen molar-refractivity contribution in [1.82, 2.24) is 0 Å². The van der Waals surface area contributed by atoms with Gasteiger partial charge in [-0.3, -0.25) is 0 Å². The van der Waals surface area contributed by atoms with Crippen LogP contribution in [0.5, 0.6) is 0 Å². The molecule has 0 spiro atoms. The maximum atomic E-state index is 3.93. The molecule has 1 N–H and O–H groups in total. The lowest BCUT2D eigenvalue weighted by Crippen LogP contribution is -2.10. The van der Waals surface area contributed by atoms with Crippen LogP contribution in [-0.2, 0) is 0 Å². The second kappa shape index (κ2) is 14.5. The van der Waals surface area contributed by atoms with Crippen LogP contribution in [0.1, 0.15) is 10.9 Å². The third-order valence-electron chi connectivity index (χ3n) is 11.5. The monoisotopic (exact) mass is 758 g/mol. The molecule has 2 nitrogen and oxygen atoms in total. The van der Waals surface area contributed by atoms with Crippen LogP contribution < -0.4 is 10.2 Å². The van der Waals surface area contributed by atoms with Gasteiger partial charge in [0, 0.05) is 27.3 Å². The summed E-state index contributed by atoms with van der Waals surface area (Å²) in [5, 5.41) is 11.7. The second-order valence-corrected chi connectivity index (χ2v) is 16.1. The van der Waals surface area contributed by atoms with Crippen LogP contribution in [0.3, 0.4) is 0 Å². The third-order valence-corrected chi connectivity index (χ3v) is 12.8. The van der Waals surface area contributed by atoms with Gasteiger partial charge in [0.15, 0.2) is 0 Å². The molecule has 11 rings (SSSR count). The van der Waals surface area contributed by atoms with Gasteiger partial charge in [0.05, 0.1) is 5.69 Å². The Morgan fingerprint density at radius 3 is 1.64 bits per heavy atom. The summed E-state index contributed by atoms with van der Waals surface area (Å²) in [5.41, 5.74) is 13.0. The number of rotatable bonds is 7. The first-order valence-electron chi connectivity index (χ1n) is 19.9. The fourth-order valence-corrected chi connectivity index (χ4v) is 9.84. The van der Waals surface area contributed by atoms with Crippen molar-refractivity contribution in [1.29, 1.82) is 0 Å². The number of nitrogens with one attached hydrogen (secondary N) is 1. The molecule has 1 aliphatic rings. The summed E-state index contributed by atoms with van der Waals surface area (Å²) in [6.07, 6.45) is 0. The molecule has 274 valence electrons. The minimum Gasteiger partial charge on any atom is -0.368 e. The van der Waals surface area contributed by atoms with Crippen LogP contribution in [-0.4, -0.2) is 0 Å². The highest BCUT2D eigenvalue weighted by atomic mass is 32.2. The van der Waals surface area contributed by atoms with Gasteiger partial charge < -0.3 is 10.2 Å². The lowest BCUT2D eigenvalue weighted by molar-refractivity contribution is 1.14. The Balaban J connectivity index is 1.01. The van der Waals surface area contributed by atoms with Crippen molar-refractivity contribution in [3.8, 4) is 33.4 Å². The van der Waals surface area contributed by atoms with Crippen molar-refractivity contribution < 1.29 is 0 Å². The quantitative estimate of drug-likeness (QED) is 0.163. The molecule has 1 atom stereocenters. The molecule has 0 aliphatic carbocycles. The van der Waals surface area contributed by atoms with Crippen LogP contribution >= 0.6 is 11.8 Å². The summed E-state index contributed by atoms with van der Waals surface area (Å²) >= 11 is 1.92. The minimum absolute atomic E-state index is 0.159. The van der Waals surface area contributed by atoms with Crippen LogP contribution in [0, 0.1) is 0 Å². The van der Waals surface area contributed by atoms with Gasteiger partial charge in [-0.25, -0.2) is 0 Å². The first-order valence-corrected chi connectivity index (χ1v) is 20.7. The average Bonchev–Trinajstić information content (AvgIpc) is 3.77. The zero-order valence-electron chi connectivity index (χ0n) is 31.7. The fourth-order valence-electron chi connectivity index (χ4n) is 8.54. The topological polar surface area (TPSA) is 15.3 Å². The molecule has 0 aromatic heterocycles. The summed E-state index contributed by atoms with van der Waals surface area (Å²) in [7, 11) is 0. The van der Waals surface area contributed by atoms with Gasteiger partial charge >= 0.3 is 0 Å². The van der Waals surface area contributed by atoms with Crippen LogP contribution in [0.2, 0.25) is 0 Å². The molecule has 1 heterocycles. The molecule has 0 bridgehead atoms. The van der Waals surface area contributed by atoms with E-state index < -0.39 is 0 Å². The van der Waals surface area contributed by atoms with Crippen molar-refractivity contribution in [3.05, 3.63) is 224 Å². The molecule has 10 aromatic rings. The van der Waals surface area contributed by atoms with Gasteiger partial charge in [0.1, 0.15) is 5.37 Å². The first-order chi connectivity index (χ1) is 28.7. The number of hydrogen-bond donors (Lipinski definition) is 1. The Kier molecular flexibility index (Phi) is 8.53. The summed E-state index contributed by atoms with van der Waals surface area (Å²) in [4.78, 5) is 3.69. The van der Waals surface area contributed by atoms with Gasteiger partial charge in [-0.2, -0.15) is 0 Å². The lowest BCUT2D eigenvalue weighted by Gasteiger charge is -2.26. The smallest absolute Gasteiger partial charge is 0.103 e. The van der Waals surface area contributed by atoms with Crippen LogP contribution in [0.4, 0.5) is 22.7 Å². The van der Waals surface area contributed by atoms with E-state index in [-0.39, 0.29) is 5.37 Å². The second-order valence-electron chi connectivity index (χ2n) is 15.0. The maximum absolute atomic E-state index is 3.93. The fraction of sp³-hybridized carbons (Fsp3) is 0.0182. The minimum atomic E-state index is 0.159. The van der Waals surface area contributed by atoms with E-state index in [4.69, 9.17) is 0 Å². The molecule has 0 radical (unpaired) electrons. The van der Waals surface area contributed by atoms with E-state index in [0.29, 0.717) is 0 Å². The highest BCUT2D eigenvalue weighted by Gasteiger charge is 2.27. The van der Waals surface area contributed by atoms with Crippen molar-refractivity contribution in [2.45, 2.75) is 10.3 Å². The number of benzene rings is 10. The Morgan fingerprint density at radius 1 is 0.345 bits per heavy atom. The van der Waals surface area contributed by atoms with Gasteiger partial charge in [-0.1, -0.05) is 182 Å². The highest BCUT2D eigenvalue weighted by molar-refractivity contribution is 8.00. The maximum Gasteiger partial charge on any atom is 0.103 e. The van der Waals surface area contributed by atoms with Crippen molar-refractivity contribution in [3.63, 3.8) is 0 Å². The van der Waals surface area contributed by atoms with Crippen molar-refractivity contribution in [2.24, 2.45) is 0 Å². The summed E-state index contributed by atoms with van der Waals surface area (Å²) < 4.78 is 0. The molecule has 0 saturated heterocycles.